The minimum atomic E-state index is -0.328. The van der Waals surface area contributed by atoms with Crippen LogP contribution in [0.2, 0.25) is 0 Å². The second-order valence-electron chi connectivity index (χ2n) is 8.32. The van der Waals surface area contributed by atoms with Gasteiger partial charge in [0.15, 0.2) is 4.96 Å². The fourth-order valence-electron chi connectivity index (χ4n) is 4.07. The van der Waals surface area contributed by atoms with Gasteiger partial charge in [0.1, 0.15) is 21.5 Å². The van der Waals surface area contributed by atoms with Crippen molar-refractivity contribution in [2.24, 2.45) is 0 Å². The molecule has 0 radical (unpaired) electrons. The Hall–Kier alpha value is -4.21. The maximum absolute atomic E-state index is 14.3. The molecule has 6 aromatic rings. The zero-order chi connectivity index (χ0) is 25.5. The van der Waals surface area contributed by atoms with Crippen LogP contribution in [0.15, 0.2) is 84.4 Å². The highest BCUT2D eigenvalue weighted by Gasteiger charge is 2.20. The lowest BCUT2D eigenvalue weighted by Crippen LogP contribution is -2.12. The zero-order valence-electron chi connectivity index (χ0n) is 19.4. The number of anilines is 1. The van der Waals surface area contributed by atoms with Gasteiger partial charge in [0.05, 0.1) is 17.1 Å². The number of rotatable bonds is 5. The normalized spacial score (nSPS) is 11.2. The van der Waals surface area contributed by atoms with E-state index in [0.29, 0.717) is 37.5 Å². The van der Waals surface area contributed by atoms with E-state index in [1.165, 1.54) is 40.9 Å². The van der Waals surface area contributed by atoms with Gasteiger partial charge in [-0.25, -0.2) is 18.7 Å². The van der Waals surface area contributed by atoms with Crippen LogP contribution in [0.1, 0.15) is 15.4 Å². The van der Waals surface area contributed by atoms with Gasteiger partial charge in [0.25, 0.3) is 5.91 Å². The van der Waals surface area contributed by atoms with Crippen LogP contribution in [0.3, 0.4) is 0 Å². The molecule has 3 heterocycles. The van der Waals surface area contributed by atoms with E-state index in [-0.39, 0.29) is 17.5 Å². The van der Waals surface area contributed by atoms with Crippen molar-refractivity contribution in [3.8, 4) is 33.1 Å². The molecule has 3 aromatic heterocycles. The Labute approximate surface area is 218 Å². The zero-order valence-corrected chi connectivity index (χ0v) is 21.0. The fourth-order valence-corrected chi connectivity index (χ4v) is 5.92. The van der Waals surface area contributed by atoms with Crippen molar-refractivity contribution < 1.29 is 13.6 Å². The molecule has 0 aliphatic rings. The number of nitrogens with zero attached hydrogens (tertiary/aromatic N) is 3. The van der Waals surface area contributed by atoms with E-state index in [9.17, 15) is 13.6 Å². The highest BCUT2D eigenvalue weighted by molar-refractivity contribution is 7.19. The summed E-state index contributed by atoms with van der Waals surface area (Å²) in [6, 6.07) is 20.1. The maximum Gasteiger partial charge on any atom is 0.267 e. The van der Waals surface area contributed by atoms with Crippen molar-refractivity contribution in [2.75, 3.05) is 5.32 Å². The lowest BCUT2D eigenvalue weighted by atomic mass is 10.1. The summed E-state index contributed by atoms with van der Waals surface area (Å²) in [6.07, 6.45) is 1.85. The number of carbonyl (C=O) groups is 1. The Morgan fingerprint density at radius 1 is 0.892 bits per heavy atom. The minimum absolute atomic E-state index is 0.256. The van der Waals surface area contributed by atoms with Crippen molar-refractivity contribution in [1.82, 2.24) is 14.4 Å². The number of aryl methyl sites for hydroxylation is 1. The SMILES string of the molecule is Cc1c(C(=O)Nc2ccccc2-c2csc(-c3ccccc3F)n2)sc2nc(-c3ccc(F)cc3)cn12. The molecule has 182 valence electrons. The highest BCUT2D eigenvalue weighted by Crippen LogP contribution is 2.34. The second kappa shape index (κ2) is 9.34. The molecule has 37 heavy (non-hydrogen) atoms. The van der Waals surface area contributed by atoms with E-state index in [0.717, 1.165) is 16.8 Å². The highest BCUT2D eigenvalue weighted by atomic mass is 32.1. The third-order valence-corrected chi connectivity index (χ3v) is 7.99. The number of hydrogen-bond donors (Lipinski definition) is 1. The number of imidazole rings is 1. The molecular weight excluding hydrogens is 510 g/mol. The Morgan fingerprint density at radius 3 is 2.38 bits per heavy atom. The van der Waals surface area contributed by atoms with Crippen LogP contribution in [0.25, 0.3) is 38.0 Å². The number of nitrogens with one attached hydrogen (secondary N) is 1. The van der Waals surface area contributed by atoms with Gasteiger partial charge in [-0.15, -0.1) is 11.3 Å². The smallest absolute Gasteiger partial charge is 0.267 e. The summed E-state index contributed by atoms with van der Waals surface area (Å²) >= 11 is 2.63. The van der Waals surface area contributed by atoms with E-state index < -0.39 is 0 Å². The summed E-state index contributed by atoms with van der Waals surface area (Å²) in [5.74, 6) is -0.889. The number of amides is 1. The lowest BCUT2D eigenvalue weighted by molar-refractivity contribution is 0.102. The molecule has 0 saturated carbocycles. The molecule has 0 unspecified atom stereocenters. The monoisotopic (exact) mass is 528 g/mol. The first-order valence-corrected chi connectivity index (χ1v) is 13.0. The molecule has 9 heteroatoms. The van der Waals surface area contributed by atoms with Crippen molar-refractivity contribution in [3.05, 3.63) is 107 Å². The Morgan fingerprint density at radius 2 is 1.62 bits per heavy atom. The average molecular weight is 529 g/mol. The average Bonchev–Trinajstić information content (AvgIpc) is 3.62. The molecule has 0 bridgehead atoms. The number of aromatic nitrogens is 3. The molecule has 1 N–H and O–H groups in total. The second-order valence-corrected chi connectivity index (χ2v) is 10.2. The maximum atomic E-state index is 14.3. The van der Waals surface area contributed by atoms with Gasteiger partial charge in [0, 0.05) is 34.0 Å². The van der Waals surface area contributed by atoms with E-state index in [1.54, 1.807) is 30.3 Å². The number of hydrogen-bond acceptors (Lipinski definition) is 5. The van der Waals surface area contributed by atoms with E-state index in [2.05, 4.69) is 15.3 Å². The van der Waals surface area contributed by atoms with Gasteiger partial charge in [-0.2, -0.15) is 0 Å². The molecular formula is C28H18F2N4OS2. The quantitative estimate of drug-likeness (QED) is 0.250. The van der Waals surface area contributed by atoms with Gasteiger partial charge in [0.2, 0.25) is 0 Å². The predicted octanol–water partition coefficient (Wildman–Crippen LogP) is 7.69. The number of halogens is 2. The molecule has 3 aromatic carbocycles. The number of fused-ring (bicyclic) bond motifs is 1. The van der Waals surface area contributed by atoms with E-state index in [4.69, 9.17) is 0 Å². The minimum Gasteiger partial charge on any atom is -0.321 e. The van der Waals surface area contributed by atoms with Crippen LogP contribution in [-0.4, -0.2) is 20.3 Å². The molecule has 1 amide bonds. The van der Waals surface area contributed by atoms with Crippen LogP contribution >= 0.6 is 22.7 Å². The molecule has 0 aliphatic heterocycles. The van der Waals surface area contributed by atoms with Crippen molar-refractivity contribution in [3.63, 3.8) is 0 Å². The summed E-state index contributed by atoms with van der Waals surface area (Å²) in [6.45, 7) is 1.86. The van der Waals surface area contributed by atoms with Crippen molar-refractivity contribution in [2.45, 2.75) is 6.92 Å². The summed E-state index contributed by atoms with van der Waals surface area (Å²) < 4.78 is 29.4. The van der Waals surface area contributed by atoms with Crippen LogP contribution < -0.4 is 5.32 Å². The number of thiazole rings is 2. The van der Waals surface area contributed by atoms with E-state index >= 15 is 0 Å². The third kappa shape index (κ3) is 4.32. The van der Waals surface area contributed by atoms with E-state index in [1.807, 2.05) is 47.2 Å². The van der Waals surface area contributed by atoms with Crippen LogP contribution in [0, 0.1) is 18.6 Å². The Bertz CT molecular complexity index is 1770. The molecule has 0 spiro atoms. The van der Waals surface area contributed by atoms with Gasteiger partial charge in [-0.3, -0.25) is 9.20 Å². The van der Waals surface area contributed by atoms with Gasteiger partial charge < -0.3 is 5.32 Å². The molecule has 0 atom stereocenters. The summed E-state index contributed by atoms with van der Waals surface area (Å²) in [5, 5.41) is 5.44. The molecule has 0 aliphatic carbocycles. The first kappa shape index (κ1) is 23.2. The Balaban J connectivity index is 1.28. The standard InChI is InChI=1S/C28H18F2N4OS2/c1-16-25(37-28-33-23(14-34(16)28)17-10-12-18(29)13-11-17)26(35)31-22-9-5-3-7-20(22)24-15-36-27(32-24)19-6-2-4-8-21(19)30/h2-15H,1H3,(H,31,35). The fraction of sp³-hybridized carbons (Fsp3) is 0.0357. The predicted molar refractivity (Wildman–Crippen MR) is 144 cm³/mol. The lowest BCUT2D eigenvalue weighted by Gasteiger charge is -2.09. The summed E-state index contributed by atoms with van der Waals surface area (Å²) in [5.41, 5.74) is 4.71. The molecule has 6 rings (SSSR count). The molecule has 0 saturated heterocycles. The van der Waals surface area contributed by atoms with Crippen molar-refractivity contribution in [1.29, 1.82) is 0 Å². The van der Waals surface area contributed by atoms with Gasteiger partial charge in [-0.1, -0.05) is 41.7 Å². The summed E-state index contributed by atoms with van der Waals surface area (Å²) in [7, 11) is 0. The van der Waals surface area contributed by atoms with Gasteiger partial charge in [-0.05, 0) is 49.4 Å². The largest absolute Gasteiger partial charge is 0.321 e. The van der Waals surface area contributed by atoms with Crippen LogP contribution in [0.5, 0.6) is 0 Å². The van der Waals surface area contributed by atoms with Crippen LogP contribution in [-0.2, 0) is 0 Å². The van der Waals surface area contributed by atoms with Crippen molar-refractivity contribution >= 4 is 39.2 Å². The van der Waals surface area contributed by atoms with Crippen LogP contribution in [0.4, 0.5) is 14.5 Å². The topological polar surface area (TPSA) is 59.3 Å². The number of para-hydroxylation sites is 1. The number of carbonyl (C=O) groups excluding carboxylic acids is 1. The summed E-state index contributed by atoms with van der Waals surface area (Å²) in [4.78, 5) is 23.8. The van der Waals surface area contributed by atoms with Gasteiger partial charge >= 0.3 is 0 Å². The third-order valence-electron chi connectivity index (χ3n) is 5.96. The first-order valence-electron chi connectivity index (χ1n) is 11.3. The molecule has 5 nitrogen and oxygen atoms in total. The molecule has 0 fully saturated rings. The first-order chi connectivity index (χ1) is 18.0. The number of benzene rings is 3. The Kier molecular flexibility index (Phi) is 5.86.